The Bertz CT molecular complexity index is 1230. The molecule has 0 aliphatic carbocycles. The molecule has 196 valence electrons. The van der Waals surface area contributed by atoms with E-state index in [9.17, 15) is 23.5 Å². The highest BCUT2D eigenvalue weighted by Gasteiger charge is 2.23. The van der Waals surface area contributed by atoms with Crippen LogP contribution in [0.2, 0.25) is 0 Å². The number of carbonyl (C=O) groups excluding carboxylic acids is 2. The van der Waals surface area contributed by atoms with E-state index in [-0.39, 0.29) is 24.4 Å². The molecule has 8 heteroatoms. The molecule has 0 unspecified atom stereocenters. The number of aliphatic hydroxyl groups excluding tert-OH is 1. The van der Waals surface area contributed by atoms with Gasteiger partial charge in [0.15, 0.2) is 0 Å². The minimum absolute atomic E-state index is 0.0129. The molecule has 0 aliphatic heterocycles. The molecule has 0 saturated heterocycles. The molecule has 3 aromatic carbocycles. The van der Waals surface area contributed by atoms with Gasteiger partial charge in [0.2, 0.25) is 5.91 Å². The quantitative estimate of drug-likeness (QED) is 0.311. The van der Waals surface area contributed by atoms with Crippen LogP contribution in [0.3, 0.4) is 0 Å². The molecule has 0 saturated carbocycles. The predicted octanol–water partition coefficient (Wildman–Crippen LogP) is 4.29. The van der Waals surface area contributed by atoms with E-state index in [1.165, 1.54) is 24.6 Å². The lowest BCUT2D eigenvalue weighted by Crippen LogP contribution is -2.48. The van der Waals surface area contributed by atoms with E-state index in [2.05, 4.69) is 28.9 Å². The van der Waals surface area contributed by atoms with Crippen LogP contribution in [0, 0.1) is 18.6 Å². The van der Waals surface area contributed by atoms with Gasteiger partial charge in [-0.3, -0.25) is 9.59 Å². The molecule has 0 aromatic heterocycles. The number of hydrogen-bond acceptors (Lipinski definition) is 4. The molecular formula is C29H33F2N3O3. The maximum absolute atomic E-state index is 13.8. The lowest BCUT2D eigenvalue weighted by Gasteiger charge is -2.25. The van der Waals surface area contributed by atoms with Crippen molar-refractivity contribution in [3.8, 4) is 0 Å². The third-order valence-corrected chi connectivity index (χ3v) is 6.05. The minimum Gasteiger partial charge on any atom is -0.390 e. The summed E-state index contributed by atoms with van der Waals surface area (Å²) < 4.78 is 27.6. The Labute approximate surface area is 216 Å². The molecule has 0 spiro atoms. The van der Waals surface area contributed by atoms with E-state index in [1.54, 1.807) is 25.1 Å². The van der Waals surface area contributed by atoms with E-state index in [0.717, 1.165) is 23.6 Å². The maximum atomic E-state index is 13.8. The predicted molar refractivity (Wildman–Crippen MR) is 140 cm³/mol. The molecule has 37 heavy (non-hydrogen) atoms. The fourth-order valence-corrected chi connectivity index (χ4v) is 4.07. The van der Waals surface area contributed by atoms with E-state index < -0.39 is 29.7 Å². The third-order valence-electron chi connectivity index (χ3n) is 6.05. The highest BCUT2D eigenvalue weighted by Crippen LogP contribution is 2.18. The highest BCUT2D eigenvalue weighted by molar-refractivity contribution is 5.97. The first kappa shape index (κ1) is 28.0. The Morgan fingerprint density at radius 1 is 0.946 bits per heavy atom. The summed E-state index contributed by atoms with van der Waals surface area (Å²) in [6.07, 6.45) is -0.124. The number of aryl methyl sites for hydroxylation is 2. The number of aliphatic hydroxyl groups is 1. The van der Waals surface area contributed by atoms with Crippen molar-refractivity contribution >= 4 is 17.5 Å². The van der Waals surface area contributed by atoms with Gasteiger partial charge in [0.05, 0.1) is 12.1 Å². The molecule has 3 rings (SSSR count). The second-order valence-corrected chi connectivity index (χ2v) is 9.14. The van der Waals surface area contributed by atoms with E-state index >= 15 is 0 Å². The molecule has 4 N–H and O–H groups in total. The number of anilines is 1. The lowest BCUT2D eigenvalue weighted by molar-refractivity contribution is -0.114. The second kappa shape index (κ2) is 13.1. The van der Waals surface area contributed by atoms with Crippen LogP contribution < -0.4 is 16.0 Å². The van der Waals surface area contributed by atoms with Crippen LogP contribution >= 0.6 is 0 Å². The zero-order chi connectivity index (χ0) is 26.9. The molecule has 0 bridgehead atoms. The first-order chi connectivity index (χ1) is 17.6. The lowest BCUT2D eigenvalue weighted by atomic mass is 9.99. The molecule has 3 aromatic rings. The van der Waals surface area contributed by atoms with E-state index in [4.69, 9.17) is 0 Å². The SMILES string of the molecule is CCc1cccc(CNC[C@@H](O)[C@H](Cc2cc(F)cc(F)c2)NC(=O)c2ccc(C)c(NC(C)=O)c2)c1. The second-order valence-electron chi connectivity index (χ2n) is 9.14. The third kappa shape index (κ3) is 8.48. The number of hydrogen-bond donors (Lipinski definition) is 4. The van der Waals surface area contributed by atoms with Crippen LogP contribution in [0.15, 0.2) is 60.7 Å². The fourth-order valence-electron chi connectivity index (χ4n) is 4.07. The molecule has 2 atom stereocenters. The fraction of sp³-hybridized carbons (Fsp3) is 0.310. The molecule has 6 nitrogen and oxygen atoms in total. The molecule has 2 amide bonds. The summed E-state index contributed by atoms with van der Waals surface area (Å²) in [5.41, 5.74) is 4.14. The summed E-state index contributed by atoms with van der Waals surface area (Å²) in [6, 6.07) is 15.3. The van der Waals surface area contributed by atoms with Gasteiger partial charge in [-0.05, 0) is 66.3 Å². The van der Waals surface area contributed by atoms with Crippen LogP contribution in [-0.2, 0) is 24.2 Å². The first-order valence-electron chi connectivity index (χ1n) is 12.2. The summed E-state index contributed by atoms with van der Waals surface area (Å²) >= 11 is 0. The number of rotatable bonds is 11. The molecule has 0 fully saturated rings. The van der Waals surface area contributed by atoms with Crippen molar-refractivity contribution < 1.29 is 23.5 Å². The van der Waals surface area contributed by atoms with Crippen LogP contribution in [0.5, 0.6) is 0 Å². The van der Waals surface area contributed by atoms with Crippen molar-refractivity contribution in [2.75, 3.05) is 11.9 Å². The Morgan fingerprint density at radius 3 is 2.32 bits per heavy atom. The normalized spacial score (nSPS) is 12.6. The van der Waals surface area contributed by atoms with Crippen molar-refractivity contribution in [1.29, 1.82) is 0 Å². The average Bonchev–Trinajstić information content (AvgIpc) is 2.84. The molecule has 0 radical (unpaired) electrons. The summed E-state index contributed by atoms with van der Waals surface area (Å²) in [4.78, 5) is 24.6. The molecule has 0 aliphatic rings. The summed E-state index contributed by atoms with van der Waals surface area (Å²) in [5.74, 6) is -2.22. The highest BCUT2D eigenvalue weighted by atomic mass is 19.1. The van der Waals surface area contributed by atoms with Gasteiger partial charge in [-0.1, -0.05) is 37.3 Å². The van der Waals surface area contributed by atoms with Gasteiger partial charge < -0.3 is 21.1 Å². The van der Waals surface area contributed by atoms with Crippen LogP contribution in [0.25, 0.3) is 0 Å². The maximum Gasteiger partial charge on any atom is 0.251 e. The van der Waals surface area contributed by atoms with E-state index in [1.807, 2.05) is 18.2 Å². The van der Waals surface area contributed by atoms with Gasteiger partial charge in [0.25, 0.3) is 5.91 Å². The van der Waals surface area contributed by atoms with Gasteiger partial charge >= 0.3 is 0 Å². The number of halogens is 2. The van der Waals surface area contributed by atoms with Crippen molar-refractivity contribution in [1.82, 2.24) is 10.6 Å². The Balaban J connectivity index is 1.75. The topological polar surface area (TPSA) is 90.5 Å². The van der Waals surface area contributed by atoms with Gasteiger partial charge in [-0.2, -0.15) is 0 Å². The van der Waals surface area contributed by atoms with Crippen molar-refractivity contribution in [3.05, 3.63) is 100 Å². The molecule has 0 heterocycles. The summed E-state index contributed by atoms with van der Waals surface area (Å²) in [5, 5.41) is 19.7. The number of benzene rings is 3. The zero-order valence-electron chi connectivity index (χ0n) is 21.3. The first-order valence-corrected chi connectivity index (χ1v) is 12.2. The van der Waals surface area contributed by atoms with Crippen LogP contribution in [-0.4, -0.2) is 35.6 Å². The monoisotopic (exact) mass is 509 g/mol. The largest absolute Gasteiger partial charge is 0.390 e. The smallest absolute Gasteiger partial charge is 0.251 e. The Hall–Kier alpha value is -3.62. The van der Waals surface area contributed by atoms with Gasteiger partial charge in [-0.25, -0.2) is 8.78 Å². The van der Waals surface area contributed by atoms with Gasteiger partial charge in [0, 0.05) is 37.3 Å². The Morgan fingerprint density at radius 2 is 1.65 bits per heavy atom. The van der Waals surface area contributed by atoms with Gasteiger partial charge in [-0.15, -0.1) is 0 Å². The van der Waals surface area contributed by atoms with Crippen molar-refractivity contribution in [3.63, 3.8) is 0 Å². The average molecular weight is 510 g/mol. The van der Waals surface area contributed by atoms with Crippen molar-refractivity contribution in [2.45, 2.75) is 52.3 Å². The van der Waals surface area contributed by atoms with Crippen LogP contribution in [0.1, 0.15) is 46.5 Å². The van der Waals surface area contributed by atoms with E-state index in [0.29, 0.717) is 17.8 Å². The zero-order valence-corrected chi connectivity index (χ0v) is 21.3. The summed E-state index contributed by atoms with van der Waals surface area (Å²) in [6.45, 7) is 5.91. The van der Waals surface area contributed by atoms with Crippen molar-refractivity contribution in [2.24, 2.45) is 0 Å². The van der Waals surface area contributed by atoms with Gasteiger partial charge in [0.1, 0.15) is 11.6 Å². The summed E-state index contributed by atoms with van der Waals surface area (Å²) in [7, 11) is 0. The number of carbonyl (C=O) groups is 2. The van der Waals surface area contributed by atoms with Crippen LogP contribution in [0.4, 0.5) is 14.5 Å². The molecular weight excluding hydrogens is 476 g/mol. The number of amides is 2. The minimum atomic E-state index is -1.05. The number of nitrogens with one attached hydrogen (secondary N) is 3. The Kier molecular flexibility index (Phi) is 9.88. The standard InChI is InChI=1S/C29H33F2N3O3/c1-4-20-6-5-7-21(10-20)16-32-17-28(36)27(13-22-11-24(30)15-25(31)12-22)34-29(37)23-9-8-18(2)26(14-23)33-19(3)35/h5-12,14-15,27-28,32,36H,4,13,16-17H2,1-3H3,(H,33,35)(H,34,37)/t27-,28+/m0/s1.